The summed E-state index contributed by atoms with van der Waals surface area (Å²) < 4.78 is 7.16. The van der Waals surface area contributed by atoms with E-state index in [9.17, 15) is 0 Å². The molecule has 0 saturated carbocycles. The fourth-order valence-corrected chi connectivity index (χ4v) is 3.07. The maximum Gasteiger partial charge on any atom is 0.163 e. The second-order valence-corrected chi connectivity index (χ2v) is 5.98. The van der Waals surface area contributed by atoms with Gasteiger partial charge in [-0.05, 0) is 35.9 Å². The summed E-state index contributed by atoms with van der Waals surface area (Å²) in [6, 6.07) is 15.4. The SMILES string of the molecule is COCc1nn2c(-c3ccccn3)ccnc2c1-c1cccc(Cl)c1. The highest BCUT2D eigenvalue weighted by atomic mass is 35.5. The Bertz CT molecular complexity index is 1030. The number of methoxy groups -OCH3 is 1. The summed E-state index contributed by atoms with van der Waals surface area (Å²) in [6.45, 7) is 0.382. The minimum absolute atomic E-state index is 0.382. The van der Waals surface area contributed by atoms with Gasteiger partial charge >= 0.3 is 0 Å². The molecule has 0 unspecified atom stereocenters. The second-order valence-electron chi connectivity index (χ2n) is 5.55. The van der Waals surface area contributed by atoms with Gasteiger partial charge in [-0.25, -0.2) is 9.50 Å². The standard InChI is InChI=1S/C19H15ClN4O/c1-25-12-16-18(13-5-4-6-14(20)11-13)19-22-10-8-17(24(19)23-16)15-7-2-3-9-21-15/h2-11H,12H2,1H3. The summed E-state index contributed by atoms with van der Waals surface area (Å²) in [5, 5.41) is 5.40. The Morgan fingerprint density at radius 3 is 2.72 bits per heavy atom. The van der Waals surface area contributed by atoms with Crippen LogP contribution in [0.3, 0.4) is 0 Å². The van der Waals surface area contributed by atoms with E-state index in [-0.39, 0.29) is 0 Å². The van der Waals surface area contributed by atoms with Gasteiger partial charge in [0.05, 0.1) is 29.3 Å². The van der Waals surface area contributed by atoms with Gasteiger partial charge in [0.2, 0.25) is 0 Å². The molecule has 0 N–H and O–H groups in total. The van der Waals surface area contributed by atoms with Crippen LogP contribution in [0.15, 0.2) is 60.9 Å². The third kappa shape index (κ3) is 2.88. The Morgan fingerprint density at radius 2 is 1.96 bits per heavy atom. The predicted molar refractivity (Wildman–Crippen MR) is 97.4 cm³/mol. The summed E-state index contributed by atoms with van der Waals surface area (Å²) in [7, 11) is 1.65. The van der Waals surface area contributed by atoms with Crippen LogP contribution in [-0.2, 0) is 11.3 Å². The van der Waals surface area contributed by atoms with Gasteiger partial charge in [-0.2, -0.15) is 5.10 Å². The van der Waals surface area contributed by atoms with E-state index in [0.717, 1.165) is 33.9 Å². The number of ether oxygens (including phenoxy) is 1. The number of benzene rings is 1. The van der Waals surface area contributed by atoms with Gasteiger partial charge < -0.3 is 4.74 Å². The molecule has 4 aromatic rings. The monoisotopic (exact) mass is 350 g/mol. The summed E-state index contributed by atoms with van der Waals surface area (Å²) in [5.41, 5.74) is 5.13. The minimum atomic E-state index is 0.382. The lowest BCUT2D eigenvalue weighted by atomic mass is 10.1. The van der Waals surface area contributed by atoms with Crippen molar-refractivity contribution in [3.63, 3.8) is 0 Å². The zero-order chi connectivity index (χ0) is 17.2. The highest BCUT2D eigenvalue weighted by Gasteiger charge is 2.18. The molecule has 0 saturated heterocycles. The number of fused-ring (bicyclic) bond motifs is 1. The molecular formula is C19H15ClN4O. The lowest BCUT2D eigenvalue weighted by molar-refractivity contribution is 0.181. The maximum atomic E-state index is 6.18. The molecular weight excluding hydrogens is 336 g/mol. The van der Waals surface area contributed by atoms with Crippen LogP contribution < -0.4 is 0 Å². The third-order valence-corrected chi connectivity index (χ3v) is 4.15. The van der Waals surface area contributed by atoms with Crippen LogP contribution in [0.2, 0.25) is 5.02 Å². The summed E-state index contributed by atoms with van der Waals surface area (Å²) >= 11 is 6.18. The van der Waals surface area contributed by atoms with E-state index in [1.807, 2.05) is 53.0 Å². The van der Waals surface area contributed by atoms with E-state index in [1.165, 1.54) is 0 Å². The maximum absolute atomic E-state index is 6.18. The molecule has 25 heavy (non-hydrogen) atoms. The normalized spacial score (nSPS) is 11.1. The third-order valence-electron chi connectivity index (χ3n) is 3.91. The van der Waals surface area contributed by atoms with Gasteiger partial charge in [0, 0.05) is 24.5 Å². The highest BCUT2D eigenvalue weighted by molar-refractivity contribution is 6.30. The van der Waals surface area contributed by atoms with Crippen molar-refractivity contribution in [2.75, 3.05) is 7.11 Å². The van der Waals surface area contributed by atoms with Gasteiger partial charge in [0.25, 0.3) is 0 Å². The van der Waals surface area contributed by atoms with Crippen LogP contribution in [0.4, 0.5) is 0 Å². The van der Waals surface area contributed by atoms with Crippen LogP contribution in [0.1, 0.15) is 5.69 Å². The molecule has 6 heteroatoms. The molecule has 4 rings (SSSR count). The molecule has 124 valence electrons. The van der Waals surface area contributed by atoms with E-state index in [4.69, 9.17) is 21.4 Å². The van der Waals surface area contributed by atoms with Crippen molar-refractivity contribution in [1.82, 2.24) is 19.6 Å². The van der Waals surface area contributed by atoms with Crippen molar-refractivity contribution in [2.45, 2.75) is 6.61 Å². The molecule has 0 amide bonds. The fourth-order valence-electron chi connectivity index (χ4n) is 2.87. The molecule has 0 aliphatic carbocycles. The second kappa shape index (κ2) is 6.63. The molecule has 0 spiro atoms. The number of halogens is 1. The van der Waals surface area contributed by atoms with Crippen molar-refractivity contribution < 1.29 is 4.74 Å². The highest BCUT2D eigenvalue weighted by Crippen LogP contribution is 2.31. The quantitative estimate of drug-likeness (QED) is 0.552. The summed E-state index contributed by atoms with van der Waals surface area (Å²) in [6.07, 6.45) is 3.53. The Morgan fingerprint density at radius 1 is 1.04 bits per heavy atom. The number of hydrogen-bond donors (Lipinski definition) is 0. The first-order valence-electron chi connectivity index (χ1n) is 7.81. The smallest absolute Gasteiger partial charge is 0.163 e. The molecule has 0 aliphatic heterocycles. The molecule has 1 aromatic carbocycles. The Kier molecular flexibility index (Phi) is 4.17. The molecule has 3 aromatic heterocycles. The Hall–Kier alpha value is -2.76. The molecule has 3 heterocycles. The zero-order valence-corrected chi connectivity index (χ0v) is 14.3. The van der Waals surface area contributed by atoms with Crippen molar-refractivity contribution >= 4 is 17.2 Å². The number of hydrogen-bond acceptors (Lipinski definition) is 4. The van der Waals surface area contributed by atoms with E-state index >= 15 is 0 Å². The minimum Gasteiger partial charge on any atom is -0.378 e. The fraction of sp³-hybridized carbons (Fsp3) is 0.105. The lowest BCUT2D eigenvalue weighted by Crippen LogP contribution is -1.97. The largest absolute Gasteiger partial charge is 0.378 e. The molecule has 0 bridgehead atoms. The molecule has 0 aliphatic rings. The van der Waals surface area contributed by atoms with Crippen LogP contribution in [0.5, 0.6) is 0 Å². The number of pyridine rings is 1. The van der Waals surface area contributed by atoms with Gasteiger partial charge in [-0.3, -0.25) is 4.98 Å². The molecule has 0 atom stereocenters. The number of nitrogens with zero attached hydrogens (tertiary/aromatic N) is 4. The first kappa shape index (κ1) is 15.7. The van der Waals surface area contributed by atoms with Crippen molar-refractivity contribution in [3.05, 3.63) is 71.6 Å². The average molecular weight is 351 g/mol. The first-order valence-corrected chi connectivity index (χ1v) is 8.18. The van der Waals surface area contributed by atoms with E-state index in [1.54, 1.807) is 19.5 Å². The van der Waals surface area contributed by atoms with Crippen LogP contribution in [0.25, 0.3) is 28.2 Å². The summed E-state index contributed by atoms with van der Waals surface area (Å²) in [5.74, 6) is 0. The van der Waals surface area contributed by atoms with E-state index in [2.05, 4.69) is 9.97 Å². The number of aromatic nitrogens is 4. The van der Waals surface area contributed by atoms with Crippen molar-refractivity contribution in [3.8, 4) is 22.5 Å². The molecule has 0 radical (unpaired) electrons. The number of rotatable bonds is 4. The van der Waals surface area contributed by atoms with Gasteiger partial charge in [0.15, 0.2) is 5.65 Å². The van der Waals surface area contributed by atoms with Gasteiger partial charge in [0.1, 0.15) is 0 Å². The van der Waals surface area contributed by atoms with E-state index in [0.29, 0.717) is 11.6 Å². The Labute approximate surface area is 149 Å². The van der Waals surface area contributed by atoms with Crippen LogP contribution in [-0.4, -0.2) is 26.7 Å². The van der Waals surface area contributed by atoms with Crippen LogP contribution in [0, 0.1) is 0 Å². The zero-order valence-electron chi connectivity index (χ0n) is 13.6. The van der Waals surface area contributed by atoms with E-state index < -0.39 is 0 Å². The lowest BCUT2D eigenvalue weighted by Gasteiger charge is -2.05. The van der Waals surface area contributed by atoms with Crippen molar-refractivity contribution in [1.29, 1.82) is 0 Å². The van der Waals surface area contributed by atoms with Crippen LogP contribution >= 0.6 is 11.6 Å². The first-order chi connectivity index (χ1) is 12.3. The molecule has 5 nitrogen and oxygen atoms in total. The van der Waals surface area contributed by atoms with Crippen molar-refractivity contribution in [2.24, 2.45) is 0 Å². The molecule has 0 fully saturated rings. The average Bonchev–Trinajstić information content (AvgIpc) is 3.01. The Balaban J connectivity index is 2.01. The summed E-state index contributed by atoms with van der Waals surface area (Å²) in [4.78, 5) is 8.98. The van der Waals surface area contributed by atoms with Gasteiger partial charge in [-0.1, -0.05) is 29.8 Å². The predicted octanol–water partition coefficient (Wildman–Crippen LogP) is 4.26. The topological polar surface area (TPSA) is 52.3 Å². The van der Waals surface area contributed by atoms with Gasteiger partial charge in [-0.15, -0.1) is 0 Å².